The summed E-state index contributed by atoms with van der Waals surface area (Å²) in [5, 5.41) is 3.03. The number of sulfonamides is 1. The first-order valence-corrected chi connectivity index (χ1v) is 8.32. The predicted octanol–water partition coefficient (Wildman–Crippen LogP) is 1.89. The summed E-state index contributed by atoms with van der Waals surface area (Å²) in [6.45, 7) is 2.26. The van der Waals surface area contributed by atoms with Crippen molar-refractivity contribution in [1.29, 1.82) is 0 Å². The number of hydrogen-bond donors (Lipinski definition) is 1. The number of piperazine rings is 1. The zero-order valence-electron chi connectivity index (χ0n) is 10.8. The lowest BCUT2D eigenvalue weighted by Crippen LogP contribution is -2.56. The Hall–Kier alpha value is -0.820. The highest BCUT2D eigenvalue weighted by Gasteiger charge is 2.38. The van der Waals surface area contributed by atoms with Crippen LogP contribution < -0.4 is 5.32 Å². The molecule has 1 aliphatic rings. The molecule has 1 aliphatic heterocycles. The molecule has 110 valence electrons. The Balaban J connectivity index is 2.48. The molecule has 20 heavy (non-hydrogen) atoms. The van der Waals surface area contributed by atoms with E-state index < -0.39 is 16.1 Å². The SMILES string of the molecule is CCC1C(=O)NCCN1S(=O)(=O)c1cc(Cl)ccc1Cl. The monoisotopic (exact) mass is 336 g/mol. The summed E-state index contributed by atoms with van der Waals surface area (Å²) in [6, 6.07) is 3.53. The Labute approximate surface area is 127 Å². The minimum absolute atomic E-state index is 0.0696. The molecule has 2 rings (SSSR count). The van der Waals surface area contributed by atoms with Gasteiger partial charge < -0.3 is 5.32 Å². The molecule has 0 saturated carbocycles. The molecule has 1 saturated heterocycles. The fraction of sp³-hybridized carbons (Fsp3) is 0.417. The van der Waals surface area contributed by atoms with E-state index in [0.717, 1.165) is 0 Å². The van der Waals surface area contributed by atoms with Gasteiger partial charge in [-0.3, -0.25) is 4.79 Å². The Kier molecular flexibility index (Phi) is 4.59. The highest BCUT2D eigenvalue weighted by Crippen LogP contribution is 2.29. The molecule has 1 unspecified atom stereocenters. The van der Waals surface area contributed by atoms with Crippen LogP contribution >= 0.6 is 23.2 Å². The first-order valence-electron chi connectivity index (χ1n) is 6.12. The molecular formula is C12H14Cl2N2O3S. The second kappa shape index (κ2) is 5.89. The van der Waals surface area contributed by atoms with Gasteiger partial charge >= 0.3 is 0 Å². The Morgan fingerprint density at radius 1 is 1.40 bits per heavy atom. The summed E-state index contributed by atoms with van der Waals surface area (Å²) < 4.78 is 26.5. The molecule has 8 heteroatoms. The van der Waals surface area contributed by atoms with E-state index in [-0.39, 0.29) is 33.9 Å². The van der Waals surface area contributed by atoms with Crippen molar-refractivity contribution in [2.45, 2.75) is 24.3 Å². The third-order valence-electron chi connectivity index (χ3n) is 3.15. The van der Waals surface area contributed by atoms with Crippen LogP contribution in [0.4, 0.5) is 0 Å². The fourth-order valence-electron chi connectivity index (χ4n) is 2.17. The Morgan fingerprint density at radius 2 is 2.10 bits per heavy atom. The van der Waals surface area contributed by atoms with Crippen LogP contribution in [0.25, 0.3) is 0 Å². The van der Waals surface area contributed by atoms with Gasteiger partial charge in [0.15, 0.2) is 0 Å². The highest BCUT2D eigenvalue weighted by atomic mass is 35.5. The van der Waals surface area contributed by atoms with Crippen molar-refractivity contribution >= 4 is 39.1 Å². The van der Waals surface area contributed by atoms with Crippen LogP contribution in [0.5, 0.6) is 0 Å². The molecule has 0 bridgehead atoms. The number of rotatable bonds is 3. The van der Waals surface area contributed by atoms with Gasteiger partial charge in [-0.05, 0) is 24.6 Å². The lowest BCUT2D eigenvalue weighted by Gasteiger charge is -2.33. The van der Waals surface area contributed by atoms with Crippen LogP contribution in [0.15, 0.2) is 23.1 Å². The third-order valence-corrected chi connectivity index (χ3v) is 5.77. The smallest absolute Gasteiger partial charge is 0.245 e. The molecule has 0 aliphatic carbocycles. The first-order chi connectivity index (χ1) is 9.37. The topological polar surface area (TPSA) is 66.5 Å². The maximum absolute atomic E-state index is 12.7. The molecule has 1 aromatic carbocycles. The first kappa shape index (κ1) is 15.6. The van der Waals surface area contributed by atoms with E-state index in [0.29, 0.717) is 6.42 Å². The van der Waals surface area contributed by atoms with Crippen molar-refractivity contribution < 1.29 is 13.2 Å². The molecule has 0 spiro atoms. The number of carbonyl (C=O) groups excluding carboxylic acids is 1. The number of nitrogens with zero attached hydrogens (tertiary/aromatic N) is 1. The number of carbonyl (C=O) groups is 1. The van der Waals surface area contributed by atoms with Crippen LogP contribution in [0, 0.1) is 0 Å². The van der Waals surface area contributed by atoms with E-state index in [1.807, 2.05) is 0 Å². The number of halogens is 2. The molecular weight excluding hydrogens is 323 g/mol. The van der Waals surface area contributed by atoms with Gasteiger partial charge in [0.2, 0.25) is 15.9 Å². The summed E-state index contributed by atoms with van der Waals surface area (Å²) in [5.41, 5.74) is 0. The quantitative estimate of drug-likeness (QED) is 0.916. The molecule has 0 radical (unpaired) electrons. The zero-order valence-corrected chi connectivity index (χ0v) is 13.1. The maximum atomic E-state index is 12.7. The van der Waals surface area contributed by atoms with Crippen molar-refractivity contribution in [3.63, 3.8) is 0 Å². The van der Waals surface area contributed by atoms with Crippen LogP contribution in [0.2, 0.25) is 10.0 Å². The van der Waals surface area contributed by atoms with Crippen molar-refractivity contribution in [1.82, 2.24) is 9.62 Å². The number of nitrogens with one attached hydrogen (secondary N) is 1. The van der Waals surface area contributed by atoms with Crippen LogP contribution in [0.1, 0.15) is 13.3 Å². The highest BCUT2D eigenvalue weighted by molar-refractivity contribution is 7.89. The maximum Gasteiger partial charge on any atom is 0.245 e. The van der Waals surface area contributed by atoms with E-state index in [1.54, 1.807) is 6.92 Å². The van der Waals surface area contributed by atoms with Gasteiger partial charge in [-0.25, -0.2) is 8.42 Å². The summed E-state index contributed by atoms with van der Waals surface area (Å²) >= 11 is 11.8. The second-order valence-electron chi connectivity index (χ2n) is 4.41. The summed E-state index contributed by atoms with van der Waals surface area (Å²) in [7, 11) is -3.85. The minimum Gasteiger partial charge on any atom is -0.353 e. The van der Waals surface area contributed by atoms with E-state index >= 15 is 0 Å². The van der Waals surface area contributed by atoms with E-state index in [9.17, 15) is 13.2 Å². The van der Waals surface area contributed by atoms with E-state index in [4.69, 9.17) is 23.2 Å². The van der Waals surface area contributed by atoms with Crippen molar-refractivity contribution in [3.05, 3.63) is 28.2 Å². The Bertz CT molecular complexity index is 634. The van der Waals surface area contributed by atoms with Crippen molar-refractivity contribution in [2.24, 2.45) is 0 Å². The van der Waals surface area contributed by atoms with Gasteiger partial charge in [-0.1, -0.05) is 30.1 Å². The van der Waals surface area contributed by atoms with E-state index in [2.05, 4.69) is 5.32 Å². The molecule has 1 N–H and O–H groups in total. The van der Waals surface area contributed by atoms with Crippen molar-refractivity contribution in [3.8, 4) is 0 Å². The summed E-state index contributed by atoms with van der Waals surface area (Å²) in [5.74, 6) is -0.291. The van der Waals surface area contributed by atoms with Gasteiger partial charge in [-0.15, -0.1) is 0 Å². The Morgan fingerprint density at radius 3 is 2.75 bits per heavy atom. The summed E-state index contributed by atoms with van der Waals surface area (Å²) in [6.07, 6.45) is 0.392. The fourth-order valence-corrected chi connectivity index (χ4v) is 4.57. The molecule has 1 fully saturated rings. The zero-order chi connectivity index (χ0) is 14.9. The van der Waals surface area contributed by atoms with Crippen LogP contribution in [0.3, 0.4) is 0 Å². The van der Waals surface area contributed by atoms with Crippen LogP contribution in [-0.2, 0) is 14.8 Å². The lowest BCUT2D eigenvalue weighted by atomic mass is 10.2. The van der Waals surface area contributed by atoms with Gasteiger partial charge in [0.25, 0.3) is 0 Å². The second-order valence-corrected chi connectivity index (χ2v) is 7.11. The minimum atomic E-state index is -3.85. The normalized spacial score (nSPS) is 20.8. The molecule has 0 aromatic heterocycles. The average molecular weight is 337 g/mol. The van der Waals surface area contributed by atoms with Gasteiger partial charge in [0.05, 0.1) is 5.02 Å². The summed E-state index contributed by atoms with van der Waals surface area (Å²) in [4.78, 5) is 11.7. The molecule has 1 heterocycles. The number of amides is 1. The van der Waals surface area contributed by atoms with Gasteiger partial charge in [0, 0.05) is 18.1 Å². The molecule has 5 nitrogen and oxygen atoms in total. The largest absolute Gasteiger partial charge is 0.353 e. The van der Waals surface area contributed by atoms with Crippen LogP contribution in [-0.4, -0.2) is 37.8 Å². The number of hydrogen-bond acceptors (Lipinski definition) is 3. The number of benzene rings is 1. The van der Waals surface area contributed by atoms with E-state index in [1.165, 1.54) is 22.5 Å². The average Bonchev–Trinajstić information content (AvgIpc) is 2.41. The van der Waals surface area contributed by atoms with Gasteiger partial charge in [-0.2, -0.15) is 4.31 Å². The molecule has 1 atom stereocenters. The molecule has 1 aromatic rings. The van der Waals surface area contributed by atoms with Gasteiger partial charge in [0.1, 0.15) is 10.9 Å². The predicted molar refractivity (Wildman–Crippen MR) is 77.4 cm³/mol. The van der Waals surface area contributed by atoms with Crippen molar-refractivity contribution in [2.75, 3.05) is 13.1 Å². The lowest BCUT2D eigenvalue weighted by molar-refractivity contribution is -0.126. The standard InChI is InChI=1S/C12H14Cl2N2O3S/c1-2-10-12(17)15-5-6-16(10)20(18,19)11-7-8(13)3-4-9(11)14/h3-4,7,10H,2,5-6H2,1H3,(H,15,17). The third kappa shape index (κ3) is 2.79. The molecule has 1 amide bonds.